The van der Waals surface area contributed by atoms with E-state index in [2.05, 4.69) is 10.6 Å². The number of hydrogen-bond donors (Lipinski definition) is 3. The lowest BCUT2D eigenvalue weighted by Gasteiger charge is -2.14. The predicted octanol–water partition coefficient (Wildman–Crippen LogP) is -0.260. The lowest BCUT2D eigenvalue weighted by atomic mass is 9.97. The maximum absolute atomic E-state index is 11.7. The monoisotopic (exact) mass is 242 g/mol. The number of aliphatic carboxylic acids is 1. The second-order valence-corrected chi connectivity index (χ2v) is 4.40. The number of carboxylic acids is 1. The molecule has 0 radical (unpaired) electrons. The van der Waals surface area contributed by atoms with Crippen molar-refractivity contribution in [2.24, 2.45) is 11.8 Å². The Morgan fingerprint density at radius 3 is 2.41 bits per heavy atom. The van der Waals surface area contributed by atoms with Crippen molar-refractivity contribution in [3.8, 4) is 0 Å². The van der Waals surface area contributed by atoms with Gasteiger partial charge < -0.3 is 15.7 Å². The summed E-state index contributed by atoms with van der Waals surface area (Å²) < 4.78 is 0. The van der Waals surface area contributed by atoms with Crippen LogP contribution >= 0.6 is 0 Å². The number of carboxylic acid groups (broad SMARTS) is 1. The quantitative estimate of drug-likeness (QED) is 0.619. The Kier molecular flexibility index (Phi) is 4.93. The Morgan fingerprint density at radius 2 is 1.88 bits per heavy atom. The van der Waals surface area contributed by atoms with Gasteiger partial charge in [0, 0.05) is 5.92 Å². The zero-order chi connectivity index (χ0) is 12.8. The van der Waals surface area contributed by atoms with E-state index in [0.29, 0.717) is 5.92 Å². The third kappa shape index (κ3) is 4.42. The van der Waals surface area contributed by atoms with Gasteiger partial charge in [-0.25, -0.2) is 0 Å². The third-order valence-electron chi connectivity index (χ3n) is 3.06. The largest absolute Gasteiger partial charge is 0.480 e. The molecular weight excluding hydrogens is 224 g/mol. The van der Waals surface area contributed by atoms with Crippen molar-refractivity contribution in [2.45, 2.75) is 26.2 Å². The van der Waals surface area contributed by atoms with Crippen molar-refractivity contribution >= 4 is 17.8 Å². The van der Waals surface area contributed by atoms with Crippen LogP contribution in [0.1, 0.15) is 26.2 Å². The van der Waals surface area contributed by atoms with Gasteiger partial charge in [-0.05, 0) is 18.8 Å². The minimum Gasteiger partial charge on any atom is -0.480 e. The summed E-state index contributed by atoms with van der Waals surface area (Å²) in [5.41, 5.74) is 0. The first-order valence-electron chi connectivity index (χ1n) is 5.77. The van der Waals surface area contributed by atoms with Crippen LogP contribution < -0.4 is 10.6 Å². The Labute approximate surface area is 99.8 Å². The summed E-state index contributed by atoms with van der Waals surface area (Å²) in [4.78, 5) is 33.0. The highest BCUT2D eigenvalue weighted by molar-refractivity contribution is 5.87. The zero-order valence-corrected chi connectivity index (χ0v) is 9.86. The van der Waals surface area contributed by atoms with Crippen molar-refractivity contribution in [2.75, 3.05) is 13.1 Å². The fourth-order valence-electron chi connectivity index (χ4n) is 2.07. The molecule has 6 heteroatoms. The molecule has 2 amide bonds. The molecule has 17 heavy (non-hydrogen) atoms. The van der Waals surface area contributed by atoms with Gasteiger partial charge in [0.15, 0.2) is 0 Å². The number of rotatable bonds is 5. The summed E-state index contributed by atoms with van der Waals surface area (Å²) in [6.45, 7) is 1.45. The van der Waals surface area contributed by atoms with Gasteiger partial charge in [-0.3, -0.25) is 14.4 Å². The predicted molar refractivity (Wildman–Crippen MR) is 60.2 cm³/mol. The number of amides is 2. The van der Waals surface area contributed by atoms with E-state index in [1.165, 1.54) is 0 Å². The Balaban J connectivity index is 2.23. The van der Waals surface area contributed by atoms with E-state index in [1.54, 1.807) is 0 Å². The number of hydrogen-bond acceptors (Lipinski definition) is 3. The Hall–Kier alpha value is -1.59. The van der Waals surface area contributed by atoms with Crippen LogP contribution in [-0.2, 0) is 14.4 Å². The molecule has 0 saturated heterocycles. The van der Waals surface area contributed by atoms with Crippen LogP contribution in [0.2, 0.25) is 0 Å². The van der Waals surface area contributed by atoms with Crippen LogP contribution in [0.5, 0.6) is 0 Å². The average molecular weight is 242 g/mol. The minimum atomic E-state index is -1.10. The van der Waals surface area contributed by atoms with Crippen LogP contribution in [0.4, 0.5) is 0 Å². The fourth-order valence-corrected chi connectivity index (χ4v) is 2.07. The van der Waals surface area contributed by atoms with Crippen molar-refractivity contribution in [1.82, 2.24) is 10.6 Å². The van der Waals surface area contributed by atoms with Gasteiger partial charge in [-0.15, -0.1) is 0 Å². The number of nitrogens with one attached hydrogen (secondary N) is 2. The second kappa shape index (κ2) is 6.22. The molecule has 0 aliphatic heterocycles. The Morgan fingerprint density at radius 1 is 1.18 bits per heavy atom. The highest BCUT2D eigenvalue weighted by atomic mass is 16.4. The molecule has 1 aliphatic rings. The normalized spacial score (nSPS) is 23.1. The van der Waals surface area contributed by atoms with Gasteiger partial charge >= 0.3 is 5.97 Å². The van der Waals surface area contributed by atoms with E-state index in [0.717, 1.165) is 19.3 Å². The SMILES string of the molecule is CC1CCCC1C(=O)NCC(=O)NCC(=O)O. The van der Waals surface area contributed by atoms with Gasteiger partial charge in [-0.1, -0.05) is 13.3 Å². The van der Waals surface area contributed by atoms with Gasteiger partial charge in [0.2, 0.25) is 11.8 Å². The second-order valence-electron chi connectivity index (χ2n) is 4.40. The molecule has 1 fully saturated rings. The fraction of sp³-hybridized carbons (Fsp3) is 0.727. The Bertz CT molecular complexity index is 317. The summed E-state index contributed by atoms with van der Waals surface area (Å²) in [5.74, 6) is -1.35. The van der Waals surface area contributed by atoms with Gasteiger partial charge in [-0.2, -0.15) is 0 Å². The minimum absolute atomic E-state index is 0.0118. The molecule has 3 N–H and O–H groups in total. The average Bonchev–Trinajstić information content (AvgIpc) is 2.69. The van der Waals surface area contributed by atoms with Gasteiger partial charge in [0.1, 0.15) is 6.54 Å². The molecule has 1 aliphatic carbocycles. The molecule has 2 unspecified atom stereocenters. The first kappa shape index (κ1) is 13.5. The van der Waals surface area contributed by atoms with Crippen molar-refractivity contribution < 1.29 is 19.5 Å². The molecule has 1 saturated carbocycles. The van der Waals surface area contributed by atoms with Crippen LogP contribution in [0.15, 0.2) is 0 Å². The summed E-state index contributed by atoms with van der Waals surface area (Å²) in [7, 11) is 0. The molecule has 0 heterocycles. The number of carbonyl (C=O) groups is 3. The summed E-state index contributed by atoms with van der Waals surface area (Å²) in [6, 6.07) is 0. The number of carbonyl (C=O) groups excluding carboxylic acids is 2. The van der Waals surface area contributed by atoms with Gasteiger partial charge in [0.05, 0.1) is 6.54 Å². The topological polar surface area (TPSA) is 95.5 Å². The van der Waals surface area contributed by atoms with Crippen LogP contribution in [0, 0.1) is 11.8 Å². The summed E-state index contributed by atoms with van der Waals surface area (Å²) in [6.07, 6.45) is 2.96. The van der Waals surface area contributed by atoms with Crippen LogP contribution in [-0.4, -0.2) is 36.0 Å². The maximum Gasteiger partial charge on any atom is 0.322 e. The third-order valence-corrected chi connectivity index (χ3v) is 3.06. The van der Waals surface area contributed by atoms with Gasteiger partial charge in [0.25, 0.3) is 0 Å². The lowest BCUT2D eigenvalue weighted by molar-refractivity contribution is -0.137. The van der Waals surface area contributed by atoms with Crippen molar-refractivity contribution in [3.63, 3.8) is 0 Å². The van der Waals surface area contributed by atoms with E-state index in [-0.39, 0.29) is 18.4 Å². The smallest absolute Gasteiger partial charge is 0.322 e. The van der Waals surface area contributed by atoms with Crippen LogP contribution in [0.25, 0.3) is 0 Å². The molecular formula is C11H18N2O4. The molecule has 0 aromatic rings. The van der Waals surface area contributed by atoms with Crippen molar-refractivity contribution in [3.05, 3.63) is 0 Å². The molecule has 2 atom stereocenters. The molecule has 96 valence electrons. The lowest BCUT2D eigenvalue weighted by Crippen LogP contribution is -2.41. The van der Waals surface area contributed by atoms with E-state index in [9.17, 15) is 14.4 Å². The maximum atomic E-state index is 11.7. The highest BCUT2D eigenvalue weighted by Crippen LogP contribution is 2.30. The zero-order valence-electron chi connectivity index (χ0n) is 9.86. The van der Waals surface area contributed by atoms with E-state index >= 15 is 0 Å². The van der Waals surface area contributed by atoms with Crippen LogP contribution in [0.3, 0.4) is 0 Å². The van der Waals surface area contributed by atoms with E-state index < -0.39 is 18.4 Å². The van der Waals surface area contributed by atoms with E-state index in [1.807, 2.05) is 6.92 Å². The van der Waals surface area contributed by atoms with E-state index in [4.69, 9.17) is 5.11 Å². The molecule has 0 aromatic heterocycles. The first-order chi connectivity index (χ1) is 8.00. The first-order valence-corrected chi connectivity index (χ1v) is 5.77. The summed E-state index contributed by atoms with van der Waals surface area (Å²) >= 11 is 0. The van der Waals surface area contributed by atoms with Crippen molar-refractivity contribution in [1.29, 1.82) is 0 Å². The molecule has 0 bridgehead atoms. The molecule has 6 nitrogen and oxygen atoms in total. The summed E-state index contributed by atoms with van der Waals surface area (Å²) in [5, 5.41) is 13.1. The molecule has 1 rings (SSSR count). The molecule has 0 aromatic carbocycles. The standard InChI is InChI=1S/C11H18N2O4/c1-7-3-2-4-8(7)11(17)13-5-9(14)12-6-10(15)16/h7-8H,2-6H2,1H3,(H,12,14)(H,13,17)(H,15,16). The highest BCUT2D eigenvalue weighted by Gasteiger charge is 2.29. The molecule has 0 spiro atoms.